The number of hydrogen-bond donors (Lipinski definition) is 2. The van der Waals surface area contributed by atoms with E-state index < -0.39 is 8.15 Å². The van der Waals surface area contributed by atoms with Crippen molar-refractivity contribution < 1.29 is 19.0 Å². The van der Waals surface area contributed by atoms with Gasteiger partial charge in [0.05, 0.1) is 21.1 Å². The zero-order chi connectivity index (χ0) is 12.8. The first-order valence-electron chi connectivity index (χ1n) is 4.96. The lowest BCUT2D eigenvalue weighted by Crippen LogP contribution is -2.39. The number of likely N-dealkylation sites (N-methyl/N-ethyl adjacent to an activating group) is 1. The fourth-order valence-electron chi connectivity index (χ4n) is 0.969. The van der Waals surface area contributed by atoms with Crippen LogP contribution in [-0.2, 0) is 9.59 Å². The maximum atomic E-state index is 11.5. The summed E-state index contributed by atoms with van der Waals surface area (Å²) in [5.74, 6) is -0.289. The number of carbonyl (C=O) groups excluding carboxylic acids is 2. The summed E-state index contributed by atoms with van der Waals surface area (Å²) in [5.41, 5.74) is -0.143. The molecule has 0 bridgehead atoms. The molecule has 5 nitrogen and oxygen atoms in total. The molecule has 0 aliphatic rings. The quantitative estimate of drug-likeness (QED) is 0.375. The van der Waals surface area contributed by atoms with E-state index in [2.05, 4.69) is 11.9 Å². The average molecular weight is 247 g/mol. The van der Waals surface area contributed by atoms with Crippen LogP contribution in [0.25, 0.3) is 0 Å². The average Bonchev–Trinajstić information content (AvgIpc) is 2.14. The van der Waals surface area contributed by atoms with E-state index in [1.54, 1.807) is 0 Å². The Morgan fingerprint density at radius 2 is 2.00 bits per heavy atom. The van der Waals surface area contributed by atoms with E-state index in [0.717, 1.165) is 6.08 Å². The van der Waals surface area contributed by atoms with Gasteiger partial charge in [0.15, 0.2) is 0 Å². The Morgan fingerprint density at radius 3 is 2.44 bits per heavy atom. The van der Waals surface area contributed by atoms with Crippen LogP contribution >= 0.6 is 8.15 Å². The second kappa shape index (κ2) is 6.74. The maximum absolute atomic E-state index is 11.5. The van der Waals surface area contributed by atoms with Gasteiger partial charge in [0, 0.05) is 12.7 Å². The predicted molar refractivity (Wildman–Crippen MR) is 65.1 cm³/mol. The second-order valence-electron chi connectivity index (χ2n) is 4.46. The molecule has 16 heavy (non-hydrogen) atoms. The highest BCUT2D eigenvalue weighted by Crippen LogP contribution is 2.30. The Bertz CT molecular complexity index is 274. The first kappa shape index (κ1) is 15.2. The summed E-state index contributed by atoms with van der Waals surface area (Å²) < 4.78 is 0.497. The number of quaternary nitrogens is 1. The molecule has 0 fully saturated rings. The van der Waals surface area contributed by atoms with Gasteiger partial charge in [0.2, 0.25) is 11.4 Å². The fourth-order valence-corrected chi connectivity index (χ4v) is 2.13. The van der Waals surface area contributed by atoms with Crippen LogP contribution in [0.2, 0.25) is 0 Å². The molecule has 0 radical (unpaired) electrons. The molecule has 0 rings (SSSR count). The van der Waals surface area contributed by atoms with Crippen molar-refractivity contribution in [1.82, 2.24) is 5.32 Å². The van der Waals surface area contributed by atoms with Crippen LogP contribution in [0.5, 0.6) is 0 Å². The van der Waals surface area contributed by atoms with E-state index in [-0.39, 0.29) is 11.4 Å². The van der Waals surface area contributed by atoms with Gasteiger partial charge in [-0.05, 0) is 6.08 Å². The van der Waals surface area contributed by atoms with Crippen LogP contribution in [0.1, 0.15) is 0 Å². The summed E-state index contributed by atoms with van der Waals surface area (Å²) in [5, 5.41) is 2.52. The van der Waals surface area contributed by atoms with E-state index in [4.69, 9.17) is 0 Å². The zero-order valence-corrected chi connectivity index (χ0v) is 11.0. The highest BCUT2D eigenvalue weighted by molar-refractivity contribution is 7.69. The van der Waals surface area contributed by atoms with Crippen LogP contribution in [0, 0.1) is 0 Å². The van der Waals surface area contributed by atoms with E-state index in [9.17, 15) is 14.5 Å². The Labute approximate surface area is 97.6 Å². The molecule has 1 unspecified atom stereocenters. The van der Waals surface area contributed by atoms with Crippen molar-refractivity contribution in [2.24, 2.45) is 0 Å². The lowest BCUT2D eigenvalue weighted by molar-refractivity contribution is -0.861. The Hall–Kier alpha value is -0.770. The third-order valence-electron chi connectivity index (χ3n) is 1.71. The molecule has 0 aromatic heterocycles. The Morgan fingerprint density at radius 1 is 1.44 bits per heavy atom. The molecule has 1 amide bonds. The SMILES string of the molecule is C=CC(=O)NCCP(O)C(=O)C[N+](C)(C)C. The maximum Gasteiger partial charge on any atom is 0.243 e. The minimum atomic E-state index is -1.65. The molecule has 0 aliphatic heterocycles. The molecule has 0 spiro atoms. The van der Waals surface area contributed by atoms with Gasteiger partial charge in [-0.3, -0.25) is 9.59 Å². The van der Waals surface area contributed by atoms with Crippen molar-refractivity contribution in [2.45, 2.75) is 0 Å². The van der Waals surface area contributed by atoms with Crippen molar-refractivity contribution in [3.05, 3.63) is 12.7 Å². The second-order valence-corrected chi connectivity index (χ2v) is 6.21. The zero-order valence-electron chi connectivity index (χ0n) is 10.1. The van der Waals surface area contributed by atoms with Gasteiger partial charge in [-0.15, -0.1) is 0 Å². The molecule has 92 valence electrons. The molecule has 2 N–H and O–H groups in total. The number of amides is 1. The minimum absolute atomic E-state index is 0.143. The third-order valence-corrected chi connectivity index (χ3v) is 3.07. The molecule has 0 heterocycles. The normalized spacial score (nSPS) is 13.0. The Kier molecular flexibility index (Phi) is 6.41. The summed E-state index contributed by atoms with van der Waals surface area (Å²) in [6, 6.07) is 0. The van der Waals surface area contributed by atoms with Crippen molar-refractivity contribution >= 4 is 19.6 Å². The molecule has 0 aromatic carbocycles. The summed E-state index contributed by atoms with van der Waals surface area (Å²) in [7, 11) is 4.02. The van der Waals surface area contributed by atoms with Crippen LogP contribution in [0.4, 0.5) is 0 Å². The van der Waals surface area contributed by atoms with Gasteiger partial charge < -0.3 is 14.7 Å². The summed E-state index contributed by atoms with van der Waals surface area (Å²) in [4.78, 5) is 31.9. The molecule has 0 aromatic rings. The molecule has 6 heteroatoms. The molecule has 0 saturated heterocycles. The van der Waals surface area contributed by atoms with Crippen LogP contribution in [0.15, 0.2) is 12.7 Å². The largest absolute Gasteiger partial charge is 0.366 e. The number of nitrogens with zero attached hydrogens (tertiary/aromatic N) is 1. The summed E-state index contributed by atoms with van der Waals surface area (Å²) in [6.45, 7) is 3.91. The van der Waals surface area contributed by atoms with Gasteiger partial charge in [-0.25, -0.2) is 0 Å². The number of hydrogen-bond acceptors (Lipinski definition) is 3. The van der Waals surface area contributed by atoms with Crippen LogP contribution in [0.3, 0.4) is 0 Å². The van der Waals surface area contributed by atoms with E-state index in [1.165, 1.54) is 0 Å². The highest BCUT2D eigenvalue weighted by atomic mass is 31.1. The predicted octanol–water partition coefficient (Wildman–Crippen LogP) is -0.0894. The minimum Gasteiger partial charge on any atom is -0.366 e. The Balaban J connectivity index is 3.88. The van der Waals surface area contributed by atoms with Crippen molar-refractivity contribution in [3.63, 3.8) is 0 Å². The highest BCUT2D eigenvalue weighted by Gasteiger charge is 2.22. The molecular weight excluding hydrogens is 227 g/mol. The topological polar surface area (TPSA) is 66.4 Å². The smallest absolute Gasteiger partial charge is 0.243 e. The van der Waals surface area contributed by atoms with Gasteiger partial charge in [0.25, 0.3) is 0 Å². The first-order chi connectivity index (χ1) is 7.26. The lowest BCUT2D eigenvalue weighted by atomic mass is 10.5. The van der Waals surface area contributed by atoms with Crippen LogP contribution < -0.4 is 5.32 Å². The van der Waals surface area contributed by atoms with Crippen LogP contribution in [-0.4, -0.2) is 61.2 Å². The first-order valence-corrected chi connectivity index (χ1v) is 6.44. The van der Waals surface area contributed by atoms with Gasteiger partial charge in [-0.1, -0.05) is 6.58 Å². The molecular formula is C10H20N2O3P+. The molecule has 0 saturated carbocycles. The standard InChI is InChI=1S/C10H19N2O3P/c1-5-9(13)11-6-7-16(15)10(14)8-12(2,3)4/h5,15H,1,6-8H2,2-4H3/p+1. The number of carbonyl (C=O) groups is 2. The molecule has 1 atom stereocenters. The summed E-state index contributed by atoms with van der Waals surface area (Å²) in [6.07, 6.45) is 1.46. The molecule has 0 aliphatic carbocycles. The van der Waals surface area contributed by atoms with E-state index >= 15 is 0 Å². The van der Waals surface area contributed by atoms with Gasteiger partial charge in [0.1, 0.15) is 14.7 Å². The van der Waals surface area contributed by atoms with E-state index in [0.29, 0.717) is 23.7 Å². The lowest BCUT2D eigenvalue weighted by Gasteiger charge is -2.23. The van der Waals surface area contributed by atoms with Gasteiger partial charge >= 0.3 is 0 Å². The van der Waals surface area contributed by atoms with Crippen molar-refractivity contribution in [3.8, 4) is 0 Å². The summed E-state index contributed by atoms with van der Waals surface area (Å²) >= 11 is 0. The van der Waals surface area contributed by atoms with E-state index in [1.807, 2.05) is 21.1 Å². The number of rotatable bonds is 7. The van der Waals surface area contributed by atoms with Crippen molar-refractivity contribution in [1.29, 1.82) is 0 Å². The van der Waals surface area contributed by atoms with Crippen molar-refractivity contribution in [2.75, 3.05) is 40.4 Å². The van der Waals surface area contributed by atoms with Gasteiger partial charge in [-0.2, -0.15) is 0 Å². The fraction of sp³-hybridized carbons (Fsp3) is 0.600. The monoisotopic (exact) mass is 247 g/mol. The number of nitrogens with one attached hydrogen (secondary N) is 1. The third kappa shape index (κ3) is 7.51.